The van der Waals surface area contributed by atoms with Crippen molar-refractivity contribution in [3.05, 3.63) is 65.0 Å². The molecule has 2 aromatic carbocycles. The van der Waals surface area contributed by atoms with E-state index in [9.17, 15) is 28.0 Å². The van der Waals surface area contributed by atoms with Crippen LogP contribution in [-0.4, -0.2) is 62.3 Å². The fraction of sp³-hybridized carbons (Fsp3) is 0.400. The predicted molar refractivity (Wildman–Crippen MR) is 125 cm³/mol. The van der Waals surface area contributed by atoms with Crippen LogP contribution in [-0.2, 0) is 9.53 Å². The highest BCUT2D eigenvalue weighted by Crippen LogP contribution is 2.27. The normalized spacial score (nSPS) is 18.7. The molecule has 2 saturated heterocycles. The number of anilines is 1. The summed E-state index contributed by atoms with van der Waals surface area (Å²) in [5.41, 5.74) is 1.29. The number of halogens is 3. The van der Waals surface area contributed by atoms with E-state index in [-0.39, 0.29) is 31.4 Å². The van der Waals surface area contributed by atoms with Crippen LogP contribution < -0.4 is 15.5 Å². The molecule has 2 N–H and O–H groups in total. The van der Waals surface area contributed by atoms with E-state index in [1.807, 2.05) is 6.07 Å². The van der Waals surface area contributed by atoms with Crippen LogP contribution in [0.3, 0.4) is 0 Å². The van der Waals surface area contributed by atoms with Crippen LogP contribution in [0.25, 0.3) is 0 Å². The van der Waals surface area contributed by atoms with E-state index in [1.165, 1.54) is 18.2 Å². The lowest BCUT2D eigenvalue weighted by atomic mass is 10.0. The Morgan fingerprint density at radius 1 is 1.08 bits per heavy atom. The first kappa shape index (κ1) is 25.5. The van der Waals surface area contributed by atoms with E-state index in [0.717, 1.165) is 35.6 Å². The first-order chi connectivity index (χ1) is 17.4. The third-order valence-electron chi connectivity index (χ3n) is 6.38. The third-order valence-corrected chi connectivity index (χ3v) is 6.38. The number of morpholine rings is 1. The molecule has 2 fully saturated rings. The topological polar surface area (TPSA) is 97.7 Å². The van der Waals surface area contributed by atoms with Crippen molar-refractivity contribution in [3.63, 3.8) is 0 Å². The molecular formula is C25H26F3N5O3. The van der Waals surface area contributed by atoms with Gasteiger partial charge in [0.05, 0.1) is 23.9 Å². The van der Waals surface area contributed by atoms with E-state index in [1.54, 1.807) is 6.07 Å². The van der Waals surface area contributed by atoms with E-state index >= 15 is 0 Å². The van der Waals surface area contributed by atoms with E-state index in [2.05, 4.69) is 15.5 Å². The summed E-state index contributed by atoms with van der Waals surface area (Å²) in [6.07, 6.45) is 1.60. The van der Waals surface area contributed by atoms with Gasteiger partial charge in [0.2, 0.25) is 0 Å². The summed E-state index contributed by atoms with van der Waals surface area (Å²) >= 11 is 0. The molecule has 0 bridgehead atoms. The highest BCUT2D eigenvalue weighted by molar-refractivity contribution is 5.96. The minimum Gasteiger partial charge on any atom is -0.370 e. The van der Waals surface area contributed by atoms with Crippen molar-refractivity contribution in [1.29, 1.82) is 5.26 Å². The van der Waals surface area contributed by atoms with Gasteiger partial charge >= 0.3 is 6.03 Å². The average Bonchev–Trinajstić information content (AvgIpc) is 2.88. The van der Waals surface area contributed by atoms with Crippen LogP contribution in [0.1, 0.15) is 30.0 Å². The van der Waals surface area contributed by atoms with Gasteiger partial charge in [-0.25, -0.2) is 18.0 Å². The summed E-state index contributed by atoms with van der Waals surface area (Å²) in [4.78, 5) is 28.2. The Kier molecular flexibility index (Phi) is 8.07. The van der Waals surface area contributed by atoms with Gasteiger partial charge in [-0.1, -0.05) is 6.07 Å². The molecule has 0 aromatic heterocycles. The van der Waals surface area contributed by atoms with Crippen molar-refractivity contribution in [2.24, 2.45) is 0 Å². The molecule has 11 heteroatoms. The summed E-state index contributed by atoms with van der Waals surface area (Å²) in [6.45, 7) is 1.83. The molecule has 0 spiro atoms. The second-order valence-electron chi connectivity index (χ2n) is 8.69. The van der Waals surface area contributed by atoms with Crippen molar-refractivity contribution in [3.8, 4) is 6.07 Å². The number of imide groups is 1. The Bertz CT molecular complexity index is 1160. The van der Waals surface area contributed by atoms with Crippen LogP contribution in [0.2, 0.25) is 0 Å². The molecule has 0 saturated carbocycles. The van der Waals surface area contributed by atoms with E-state index < -0.39 is 35.4 Å². The number of carbonyl (C=O) groups is 2. The summed E-state index contributed by atoms with van der Waals surface area (Å²) in [6, 6.07) is 8.19. The molecule has 0 aliphatic carbocycles. The van der Waals surface area contributed by atoms with Crippen LogP contribution in [0.15, 0.2) is 36.4 Å². The van der Waals surface area contributed by atoms with Gasteiger partial charge in [0.1, 0.15) is 18.5 Å². The second-order valence-corrected chi connectivity index (χ2v) is 8.69. The highest BCUT2D eigenvalue weighted by Gasteiger charge is 2.35. The van der Waals surface area contributed by atoms with Crippen molar-refractivity contribution >= 4 is 17.6 Å². The van der Waals surface area contributed by atoms with Crippen molar-refractivity contribution in [2.45, 2.75) is 24.9 Å². The maximum Gasteiger partial charge on any atom is 0.324 e. The zero-order valence-corrected chi connectivity index (χ0v) is 19.5. The number of rotatable bonds is 6. The number of carbonyl (C=O) groups excluding carboxylic acids is 2. The lowest BCUT2D eigenvalue weighted by molar-refractivity contribution is -0.143. The second kappa shape index (κ2) is 11.4. The Balaban J connectivity index is 1.25. The number of ether oxygens (including phenoxy) is 1. The number of nitrogens with one attached hydrogen (secondary N) is 2. The lowest BCUT2D eigenvalue weighted by Crippen LogP contribution is -2.52. The number of amides is 3. The standard InChI is InChI=1S/C25H26F3N5O3/c26-18-2-4-22(17(11-18)13-29)32-9-5-19(6-10-32)30-7-8-31-25(35)33-23(14-36-15-24(33)34)16-1-3-20(27)21(28)12-16/h1-4,11-12,19,23,30H,5-10,14-15H2,(H,31,35)/t23-/m1/s1. The molecule has 2 aliphatic heterocycles. The van der Waals surface area contributed by atoms with Crippen LogP contribution in [0.4, 0.5) is 23.7 Å². The molecule has 8 nitrogen and oxygen atoms in total. The van der Waals surface area contributed by atoms with E-state index in [0.29, 0.717) is 25.2 Å². The maximum atomic E-state index is 13.7. The molecule has 0 radical (unpaired) electrons. The molecule has 3 amide bonds. The number of urea groups is 1. The minimum atomic E-state index is -1.07. The summed E-state index contributed by atoms with van der Waals surface area (Å²) < 4.78 is 45.6. The molecule has 4 rings (SSSR count). The van der Waals surface area contributed by atoms with Crippen LogP contribution in [0, 0.1) is 28.8 Å². The molecule has 2 aliphatic rings. The largest absolute Gasteiger partial charge is 0.370 e. The number of nitriles is 1. The van der Waals surface area contributed by atoms with E-state index in [4.69, 9.17) is 4.74 Å². The predicted octanol–water partition coefficient (Wildman–Crippen LogP) is 2.84. The Morgan fingerprint density at radius 2 is 1.86 bits per heavy atom. The minimum absolute atomic E-state index is 0.0113. The summed E-state index contributed by atoms with van der Waals surface area (Å²) in [7, 11) is 0. The number of hydrogen-bond acceptors (Lipinski definition) is 6. The fourth-order valence-corrected chi connectivity index (χ4v) is 4.52. The molecule has 36 heavy (non-hydrogen) atoms. The van der Waals surface area contributed by atoms with Gasteiger partial charge in [-0.2, -0.15) is 5.26 Å². The molecule has 190 valence electrons. The summed E-state index contributed by atoms with van der Waals surface area (Å²) in [5.74, 6) is -3.09. The number of hydrogen-bond donors (Lipinski definition) is 2. The van der Waals surface area contributed by atoms with Gasteiger partial charge < -0.3 is 20.3 Å². The highest BCUT2D eigenvalue weighted by atomic mass is 19.2. The van der Waals surface area contributed by atoms with Gasteiger partial charge in [0, 0.05) is 32.2 Å². The first-order valence-electron chi connectivity index (χ1n) is 11.7. The average molecular weight is 502 g/mol. The molecule has 2 aromatic rings. The number of nitrogens with zero attached hydrogens (tertiary/aromatic N) is 3. The van der Waals surface area contributed by atoms with Gasteiger partial charge in [-0.05, 0) is 48.7 Å². The van der Waals surface area contributed by atoms with Crippen molar-refractivity contribution in [2.75, 3.05) is 44.3 Å². The molecular weight excluding hydrogens is 475 g/mol. The maximum absolute atomic E-state index is 13.7. The summed E-state index contributed by atoms with van der Waals surface area (Å²) in [5, 5.41) is 15.3. The molecule has 1 atom stereocenters. The van der Waals surface area contributed by atoms with Crippen molar-refractivity contribution in [1.82, 2.24) is 15.5 Å². The third kappa shape index (κ3) is 5.78. The van der Waals surface area contributed by atoms with Crippen LogP contribution in [0.5, 0.6) is 0 Å². The monoisotopic (exact) mass is 501 g/mol. The van der Waals surface area contributed by atoms with Gasteiger partial charge in [0.25, 0.3) is 5.91 Å². The zero-order chi connectivity index (χ0) is 25.7. The quantitative estimate of drug-likeness (QED) is 0.591. The Morgan fingerprint density at radius 3 is 2.58 bits per heavy atom. The lowest BCUT2D eigenvalue weighted by Gasteiger charge is -2.35. The first-order valence-corrected chi connectivity index (χ1v) is 11.7. The van der Waals surface area contributed by atoms with Gasteiger partial charge in [0.15, 0.2) is 11.6 Å². The van der Waals surface area contributed by atoms with Gasteiger partial charge in [-0.3, -0.25) is 9.69 Å². The molecule has 0 unspecified atom stereocenters. The van der Waals surface area contributed by atoms with Crippen LogP contribution >= 0.6 is 0 Å². The Labute approximate surface area is 206 Å². The smallest absolute Gasteiger partial charge is 0.324 e. The SMILES string of the molecule is N#Cc1cc(F)ccc1N1CCC(NCCNC(=O)N2C(=O)COC[C@@H]2c2ccc(F)c(F)c2)CC1. The Hall–Kier alpha value is -3.62. The zero-order valence-electron chi connectivity index (χ0n) is 19.5. The number of benzene rings is 2. The number of piperidine rings is 1. The van der Waals surface area contributed by atoms with Crippen molar-refractivity contribution < 1.29 is 27.5 Å². The van der Waals surface area contributed by atoms with Gasteiger partial charge in [-0.15, -0.1) is 0 Å². The fourth-order valence-electron chi connectivity index (χ4n) is 4.52. The molecule has 2 heterocycles.